The Labute approximate surface area is 125 Å². The second-order valence-corrected chi connectivity index (χ2v) is 4.94. The van der Waals surface area contributed by atoms with Gasteiger partial charge in [-0.3, -0.25) is 14.4 Å². The number of hydrogen-bond acceptors (Lipinski definition) is 5. The molecular weight excluding hydrogens is 288 g/mol. The van der Waals surface area contributed by atoms with Crippen molar-refractivity contribution in [1.82, 2.24) is 10.7 Å². The highest BCUT2D eigenvalue weighted by atomic mass is 16.5. The number of fused-ring (bicyclic) bond motifs is 1. The highest BCUT2D eigenvalue weighted by Crippen LogP contribution is 2.28. The zero-order valence-electron chi connectivity index (χ0n) is 11.6. The molecule has 1 aromatic rings. The molecule has 3 N–H and O–H groups in total. The van der Waals surface area contributed by atoms with E-state index in [-0.39, 0.29) is 37.3 Å². The zero-order valence-corrected chi connectivity index (χ0v) is 11.6. The molecule has 2 heterocycles. The van der Waals surface area contributed by atoms with E-state index in [0.717, 1.165) is 5.56 Å². The Morgan fingerprint density at radius 3 is 2.91 bits per heavy atom. The van der Waals surface area contributed by atoms with E-state index in [2.05, 4.69) is 21.2 Å². The summed E-state index contributed by atoms with van der Waals surface area (Å²) < 4.78 is 5.26. The molecule has 2 aliphatic rings. The van der Waals surface area contributed by atoms with Crippen LogP contribution in [0, 0.1) is 0 Å². The van der Waals surface area contributed by atoms with Gasteiger partial charge < -0.3 is 15.4 Å². The van der Waals surface area contributed by atoms with Gasteiger partial charge in [0.2, 0.25) is 5.91 Å². The third kappa shape index (κ3) is 3.05. The fourth-order valence-electron chi connectivity index (χ4n) is 2.16. The number of ether oxygens (including phenoxy) is 1. The van der Waals surface area contributed by atoms with Gasteiger partial charge in [-0.05, 0) is 17.7 Å². The Hall–Kier alpha value is -2.90. The van der Waals surface area contributed by atoms with Crippen molar-refractivity contribution in [2.24, 2.45) is 5.10 Å². The lowest BCUT2D eigenvalue weighted by molar-refractivity contribution is -0.121. The van der Waals surface area contributed by atoms with Crippen LogP contribution in [0.1, 0.15) is 18.4 Å². The van der Waals surface area contributed by atoms with Crippen molar-refractivity contribution in [2.75, 3.05) is 11.9 Å². The number of carbonyl (C=O) groups is 3. The predicted molar refractivity (Wildman–Crippen MR) is 77.2 cm³/mol. The molecule has 22 heavy (non-hydrogen) atoms. The van der Waals surface area contributed by atoms with Crippen LogP contribution in [0.15, 0.2) is 23.3 Å². The SMILES string of the molecule is O=C1CCC(C(=O)NCc2ccc3c(c2)NC(=O)CO3)=NN1. The van der Waals surface area contributed by atoms with Crippen LogP contribution < -0.4 is 20.8 Å². The number of hydrazone groups is 1. The largest absolute Gasteiger partial charge is 0.482 e. The van der Waals surface area contributed by atoms with E-state index in [1.54, 1.807) is 18.2 Å². The summed E-state index contributed by atoms with van der Waals surface area (Å²) >= 11 is 0. The van der Waals surface area contributed by atoms with Gasteiger partial charge >= 0.3 is 0 Å². The van der Waals surface area contributed by atoms with Gasteiger partial charge in [-0.1, -0.05) is 6.07 Å². The fraction of sp³-hybridized carbons (Fsp3) is 0.286. The first-order valence-electron chi connectivity index (χ1n) is 6.81. The average Bonchev–Trinajstić information content (AvgIpc) is 2.53. The summed E-state index contributed by atoms with van der Waals surface area (Å²) in [6, 6.07) is 5.30. The van der Waals surface area contributed by atoms with Crippen LogP contribution in [0.5, 0.6) is 5.75 Å². The van der Waals surface area contributed by atoms with Gasteiger partial charge in [-0.15, -0.1) is 0 Å². The van der Waals surface area contributed by atoms with Crippen LogP contribution in [0.4, 0.5) is 5.69 Å². The van der Waals surface area contributed by atoms with Gasteiger partial charge in [0.05, 0.1) is 5.69 Å². The minimum atomic E-state index is -0.321. The molecule has 114 valence electrons. The summed E-state index contributed by atoms with van der Waals surface area (Å²) in [5.74, 6) is -0.116. The molecule has 0 saturated heterocycles. The van der Waals surface area contributed by atoms with Crippen molar-refractivity contribution in [3.05, 3.63) is 23.8 Å². The highest BCUT2D eigenvalue weighted by molar-refractivity contribution is 6.39. The monoisotopic (exact) mass is 302 g/mol. The summed E-state index contributed by atoms with van der Waals surface area (Å²) in [4.78, 5) is 34.2. The van der Waals surface area contributed by atoms with Crippen LogP contribution in [0.3, 0.4) is 0 Å². The molecule has 0 atom stereocenters. The smallest absolute Gasteiger partial charge is 0.267 e. The Balaban J connectivity index is 1.62. The summed E-state index contributed by atoms with van der Waals surface area (Å²) in [6.45, 7) is 0.295. The molecule has 0 saturated carbocycles. The predicted octanol–water partition coefficient (Wildman–Crippen LogP) is -0.100. The summed E-state index contributed by atoms with van der Waals surface area (Å²) in [5.41, 5.74) is 3.99. The minimum Gasteiger partial charge on any atom is -0.482 e. The van der Waals surface area contributed by atoms with Crippen molar-refractivity contribution >= 4 is 29.1 Å². The van der Waals surface area contributed by atoms with Crippen molar-refractivity contribution < 1.29 is 19.1 Å². The Kier molecular flexibility index (Phi) is 3.73. The standard InChI is InChI=1S/C14H14N4O4/c19-12-4-2-9(17-18-12)14(21)15-6-8-1-3-11-10(5-8)16-13(20)7-22-11/h1,3,5H,2,4,6-7H2,(H,15,21)(H,16,20)(H,18,19). The van der Waals surface area contributed by atoms with Crippen LogP contribution in [0.2, 0.25) is 0 Å². The molecule has 0 spiro atoms. The molecule has 0 fully saturated rings. The molecule has 3 rings (SSSR count). The van der Waals surface area contributed by atoms with Crippen LogP contribution in [-0.4, -0.2) is 30.0 Å². The number of nitrogens with zero attached hydrogens (tertiary/aromatic N) is 1. The van der Waals surface area contributed by atoms with Crippen molar-refractivity contribution in [1.29, 1.82) is 0 Å². The first kappa shape index (κ1) is 14.1. The normalized spacial score (nSPS) is 16.6. The van der Waals surface area contributed by atoms with Gasteiger partial charge in [0, 0.05) is 19.4 Å². The Morgan fingerprint density at radius 1 is 1.27 bits per heavy atom. The summed E-state index contributed by atoms with van der Waals surface area (Å²) in [6.07, 6.45) is 0.584. The molecule has 0 aromatic heterocycles. The maximum Gasteiger partial charge on any atom is 0.267 e. The molecule has 0 bridgehead atoms. The first-order valence-corrected chi connectivity index (χ1v) is 6.81. The minimum absolute atomic E-state index is 0.00856. The molecule has 0 aliphatic carbocycles. The lowest BCUT2D eigenvalue weighted by Gasteiger charge is -2.18. The molecule has 8 heteroatoms. The Bertz CT molecular complexity index is 683. The average molecular weight is 302 g/mol. The third-order valence-corrected chi connectivity index (χ3v) is 3.30. The Morgan fingerprint density at radius 2 is 2.14 bits per heavy atom. The van der Waals surface area contributed by atoms with Gasteiger partial charge in [-0.25, -0.2) is 5.43 Å². The van der Waals surface area contributed by atoms with Crippen molar-refractivity contribution in [3.8, 4) is 5.75 Å². The highest BCUT2D eigenvalue weighted by Gasteiger charge is 2.19. The van der Waals surface area contributed by atoms with E-state index in [1.165, 1.54) is 0 Å². The number of nitrogens with one attached hydrogen (secondary N) is 3. The molecule has 1 aromatic carbocycles. The first-order chi connectivity index (χ1) is 10.6. The molecule has 3 amide bonds. The van der Waals surface area contributed by atoms with Gasteiger partial charge in [0.15, 0.2) is 6.61 Å². The number of rotatable bonds is 3. The van der Waals surface area contributed by atoms with E-state index in [1.807, 2.05) is 0 Å². The number of anilines is 1. The van der Waals surface area contributed by atoms with Crippen molar-refractivity contribution in [3.63, 3.8) is 0 Å². The second-order valence-electron chi connectivity index (χ2n) is 4.94. The zero-order chi connectivity index (χ0) is 15.5. The molecular formula is C14H14N4O4. The molecule has 8 nitrogen and oxygen atoms in total. The summed E-state index contributed by atoms with van der Waals surface area (Å²) in [5, 5.41) is 9.17. The van der Waals surface area contributed by atoms with E-state index >= 15 is 0 Å². The number of hydrogen-bond donors (Lipinski definition) is 3. The van der Waals surface area contributed by atoms with Crippen LogP contribution in [0.25, 0.3) is 0 Å². The van der Waals surface area contributed by atoms with Gasteiger partial charge in [-0.2, -0.15) is 5.10 Å². The number of amides is 3. The van der Waals surface area contributed by atoms with E-state index in [9.17, 15) is 14.4 Å². The molecule has 0 unspecified atom stereocenters. The van der Waals surface area contributed by atoms with Crippen LogP contribution in [-0.2, 0) is 20.9 Å². The summed E-state index contributed by atoms with van der Waals surface area (Å²) in [7, 11) is 0. The van der Waals surface area contributed by atoms with Gasteiger partial charge in [0.1, 0.15) is 11.5 Å². The van der Waals surface area contributed by atoms with E-state index in [0.29, 0.717) is 23.6 Å². The topological polar surface area (TPSA) is 109 Å². The van der Waals surface area contributed by atoms with Crippen molar-refractivity contribution in [2.45, 2.75) is 19.4 Å². The van der Waals surface area contributed by atoms with Gasteiger partial charge in [0.25, 0.3) is 11.8 Å². The van der Waals surface area contributed by atoms with E-state index in [4.69, 9.17) is 4.74 Å². The maximum absolute atomic E-state index is 11.9. The lowest BCUT2D eigenvalue weighted by Crippen LogP contribution is -2.36. The number of benzene rings is 1. The number of carbonyl (C=O) groups excluding carboxylic acids is 3. The lowest BCUT2D eigenvalue weighted by atomic mass is 10.1. The molecule has 2 aliphatic heterocycles. The van der Waals surface area contributed by atoms with Crippen LogP contribution >= 0.6 is 0 Å². The maximum atomic E-state index is 11.9. The quantitative estimate of drug-likeness (QED) is 0.724. The molecule has 0 radical (unpaired) electrons. The van der Waals surface area contributed by atoms with E-state index < -0.39 is 0 Å². The second kappa shape index (κ2) is 5.84. The third-order valence-electron chi connectivity index (χ3n) is 3.30. The fourth-order valence-corrected chi connectivity index (χ4v) is 2.16.